The number of hydrogen-bond acceptors (Lipinski definition) is 7. The molecule has 9 nitrogen and oxygen atoms in total. The zero-order valence-electron chi connectivity index (χ0n) is 21.5. The molecule has 9 heteroatoms. The third kappa shape index (κ3) is 7.13. The van der Waals surface area contributed by atoms with Gasteiger partial charge in [-0.1, -0.05) is 20.8 Å². The molecule has 3 fully saturated rings. The van der Waals surface area contributed by atoms with Gasteiger partial charge in [0.2, 0.25) is 0 Å². The number of carbonyl (C=O) groups is 2. The molecular weight excluding hydrogens is 448 g/mol. The molecule has 0 radical (unpaired) electrons. The fourth-order valence-electron chi connectivity index (χ4n) is 5.58. The van der Waals surface area contributed by atoms with E-state index in [-0.39, 0.29) is 23.8 Å². The van der Waals surface area contributed by atoms with Gasteiger partial charge in [0.1, 0.15) is 11.6 Å². The predicted molar refractivity (Wildman–Crippen MR) is 134 cm³/mol. The maximum absolute atomic E-state index is 8.36. The second-order valence-corrected chi connectivity index (χ2v) is 11.3. The van der Waals surface area contributed by atoms with Crippen molar-refractivity contribution in [3.8, 4) is 0 Å². The van der Waals surface area contributed by atoms with Crippen LogP contribution in [-0.4, -0.2) is 76.9 Å². The molecule has 5 rings (SSSR count). The molecule has 1 spiro atoms. The highest BCUT2D eigenvalue weighted by Crippen LogP contribution is 2.47. The summed E-state index contributed by atoms with van der Waals surface area (Å²) in [4.78, 5) is 29.8. The monoisotopic (exact) mass is 490 g/mol. The second-order valence-electron chi connectivity index (χ2n) is 11.3. The van der Waals surface area contributed by atoms with E-state index >= 15 is 0 Å². The van der Waals surface area contributed by atoms with E-state index in [0.29, 0.717) is 6.04 Å². The zero-order chi connectivity index (χ0) is 25.5. The largest absolute Gasteiger partial charge is 0.483 e. The van der Waals surface area contributed by atoms with Crippen molar-refractivity contribution >= 4 is 18.8 Å². The van der Waals surface area contributed by atoms with E-state index in [0.717, 1.165) is 50.0 Å². The maximum Gasteiger partial charge on any atom is 0.290 e. The Bertz CT molecular complexity index is 843. The van der Waals surface area contributed by atoms with Crippen molar-refractivity contribution in [2.45, 2.75) is 89.0 Å². The molecule has 0 amide bonds. The number of fused-ring (bicyclic) bond motifs is 2. The van der Waals surface area contributed by atoms with Crippen molar-refractivity contribution in [1.29, 1.82) is 0 Å². The maximum atomic E-state index is 8.36. The SMILES string of the molecule is CC(C)(C)c1nc(NC2CCOCC2)c2c(n1)C1(CCCN(CC3CC3)C1)CC2.O=CO.O=CO. The van der Waals surface area contributed by atoms with Gasteiger partial charge in [-0.3, -0.25) is 9.59 Å². The van der Waals surface area contributed by atoms with Crippen LogP contribution in [0.2, 0.25) is 0 Å². The van der Waals surface area contributed by atoms with E-state index in [1.54, 1.807) is 0 Å². The zero-order valence-corrected chi connectivity index (χ0v) is 21.5. The summed E-state index contributed by atoms with van der Waals surface area (Å²) < 4.78 is 5.57. The number of aromatic nitrogens is 2. The molecule has 4 aliphatic rings. The van der Waals surface area contributed by atoms with Crippen LogP contribution in [0.1, 0.15) is 82.8 Å². The van der Waals surface area contributed by atoms with E-state index in [1.807, 2.05) is 0 Å². The van der Waals surface area contributed by atoms with E-state index in [2.05, 4.69) is 31.0 Å². The Labute approximate surface area is 208 Å². The third-order valence-corrected chi connectivity index (χ3v) is 7.47. The van der Waals surface area contributed by atoms with Gasteiger partial charge in [0.25, 0.3) is 12.9 Å². The van der Waals surface area contributed by atoms with Gasteiger partial charge >= 0.3 is 0 Å². The average molecular weight is 491 g/mol. The molecule has 2 aliphatic heterocycles. The van der Waals surface area contributed by atoms with Gasteiger partial charge in [-0.2, -0.15) is 0 Å². The number of piperidine rings is 1. The molecule has 196 valence electrons. The summed E-state index contributed by atoms with van der Waals surface area (Å²) in [6, 6.07) is 0.477. The molecule has 1 saturated carbocycles. The van der Waals surface area contributed by atoms with Crippen LogP contribution in [0.4, 0.5) is 5.82 Å². The normalized spacial score (nSPS) is 24.4. The first-order valence-corrected chi connectivity index (χ1v) is 12.9. The van der Waals surface area contributed by atoms with E-state index in [9.17, 15) is 0 Å². The van der Waals surface area contributed by atoms with Crippen molar-refractivity contribution < 1.29 is 24.5 Å². The summed E-state index contributed by atoms with van der Waals surface area (Å²) in [7, 11) is 0. The Kier molecular flexibility index (Phi) is 9.47. The number of nitrogens with one attached hydrogen (secondary N) is 1. The Balaban J connectivity index is 0.000000520. The first-order chi connectivity index (χ1) is 16.8. The third-order valence-electron chi connectivity index (χ3n) is 7.47. The molecule has 35 heavy (non-hydrogen) atoms. The lowest BCUT2D eigenvalue weighted by atomic mass is 9.77. The lowest BCUT2D eigenvalue weighted by Gasteiger charge is -2.41. The van der Waals surface area contributed by atoms with E-state index < -0.39 is 0 Å². The molecule has 2 saturated heterocycles. The topological polar surface area (TPSA) is 125 Å². The lowest BCUT2D eigenvalue weighted by Crippen LogP contribution is -2.46. The van der Waals surface area contributed by atoms with E-state index in [4.69, 9.17) is 34.5 Å². The minimum absolute atomic E-state index is 0.0344. The minimum Gasteiger partial charge on any atom is -0.483 e. The minimum atomic E-state index is -0.250. The van der Waals surface area contributed by atoms with Crippen LogP contribution >= 0.6 is 0 Å². The first kappa shape index (κ1) is 27.3. The molecule has 1 unspecified atom stereocenters. The molecule has 1 atom stereocenters. The number of nitrogens with zero attached hydrogens (tertiary/aromatic N) is 3. The highest BCUT2D eigenvalue weighted by Gasteiger charge is 2.46. The molecule has 1 aromatic rings. The highest BCUT2D eigenvalue weighted by atomic mass is 16.5. The van der Waals surface area contributed by atoms with Gasteiger partial charge in [0.15, 0.2) is 0 Å². The average Bonchev–Trinajstić information content (AvgIpc) is 3.56. The second kappa shape index (κ2) is 12.1. The molecule has 3 heterocycles. The molecule has 2 aliphatic carbocycles. The Morgan fingerprint density at radius 1 is 1.09 bits per heavy atom. The number of hydrogen-bond donors (Lipinski definition) is 3. The van der Waals surface area contributed by atoms with Crippen molar-refractivity contribution in [3.63, 3.8) is 0 Å². The highest BCUT2D eigenvalue weighted by molar-refractivity contribution is 5.53. The van der Waals surface area contributed by atoms with Crippen molar-refractivity contribution in [1.82, 2.24) is 14.9 Å². The Morgan fingerprint density at radius 3 is 2.34 bits per heavy atom. The number of likely N-dealkylation sites (tertiary alicyclic amines) is 1. The van der Waals surface area contributed by atoms with Gasteiger partial charge in [0, 0.05) is 48.7 Å². The van der Waals surface area contributed by atoms with Crippen LogP contribution in [-0.2, 0) is 31.6 Å². The smallest absolute Gasteiger partial charge is 0.290 e. The molecule has 1 aromatic heterocycles. The van der Waals surface area contributed by atoms with Crippen molar-refractivity contribution in [2.24, 2.45) is 5.92 Å². The summed E-state index contributed by atoms with van der Waals surface area (Å²) in [6.07, 6.45) is 10.00. The van der Waals surface area contributed by atoms with Crippen LogP contribution < -0.4 is 5.32 Å². The van der Waals surface area contributed by atoms with Gasteiger partial charge in [-0.15, -0.1) is 0 Å². The van der Waals surface area contributed by atoms with Crippen LogP contribution in [0.5, 0.6) is 0 Å². The fourth-order valence-corrected chi connectivity index (χ4v) is 5.58. The summed E-state index contributed by atoms with van der Waals surface area (Å²) >= 11 is 0. The number of anilines is 1. The van der Waals surface area contributed by atoms with Crippen LogP contribution in [0.15, 0.2) is 0 Å². The molecular formula is C26H42N4O5. The van der Waals surface area contributed by atoms with Crippen molar-refractivity contribution in [3.05, 3.63) is 17.1 Å². The number of carboxylic acid groups (broad SMARTS) is 2. The van der Waals surface area contributed by atoms with Crippen molar-refractivity contribution in [2.75, 3.05) is 38.2 Å². The lowest BCUT2D eigenvalue weighted by molar-refractivity contribution is -0.123. The molecule has 0 aromatic carbocycles. The van der Waals surface area contributed by atoms with Gasteiger partial charge in [-0.05, 0) is 63.8 Å². The van der Waals surface area contributed by atoms with Gasteiger partial charge in [-0.25, -0.2) is 9.97 Å². The van der Waals surface area contributed by atoms with Gasteiger partial charge < -0.3 is 25.2 Å². The summed E-state index contributed by atoms with van der Waals surface area (Å²) in [5, 5.41) is 17.6. The first-order valence-electron chi connectivity index (χ1n) is 12.9. The van der Waals surface area contributed by atoms with Crippen LogP contribution in [0, 0.1) is 5.92 Å². The van der Waals surface area contributed by atoms with Crippen LogP contribution in [0.3, 0.4) is 0 Å². The standard InChI is InChI=1S/C24H38N4O.2CH2O2/c1-23(2,3)22-26-20-19(21(27-22)25-18-8-13-29-14-9-18)7-11-24(20)10-4-12-28(16-24)15-17-5-6-17;2*2-1-3/h17-18H,4-16H2,1-3H3,(H,25,26,27);2*1H,(H,2,3). The quantitative estimate of drug-likeness (QED) is 0.544. The summed E-state index contributed by atoms with van der Waals surface area (Å²) in [6.45, 7) is 11.7. The fraction of sp³-hybridized carbons (Fsp3) is 0.769. The molecule has 3 N–H and O–H groups in total. The van der Waals surface area contributed by atoms with Crippen LogP contribution in [0.25, 0.3) is 0 Å². The Morgan fingerprint density at radius 2 is 1.74 bits per heavy atom. The number of ether oxygens (including phenoxy) is 1. The molecule has 0 bridgehead atoms. The summed E-state index contributed by atoms with van der Waals surface area (Å²) in [5.74, 6) is 3.10. The van der Waals surface area contributed by atoms with Gasteiger partial charge in [0.05, 0.1) is 5.69 Å². The Hall–Kier alpha value is -2.26. The van der Waals surface area contributed by atoms with E-state index in [1.165, 1.54) is 63.0 Å². The number of rotatable bonds is 4. The summed E-state index contributed by atoms with van der Waals surface area (Å²) in [5.41, 5.74) is 3.01. The predicted octanol–water partition coefficient (Wildman–Crippen LogP) is 3.46.